The number of sulfonamides is 1. The SMILES string of the molecule is O=S(=O)(c1cccc(C(F)(F)F)c1)N1CCN2C[C@H](Oc3cnc(C4CC4)cn3)C[C@H]2C1. The maximum atomic E-state index is 13.0. The Morgan fingerprint density at radius 1 is 1.06 bits per heavy atom. The van der Waals surface area contributed by atoms with Gasteiger partial charge in [0.15, 0.2) is 0 Å². The molecule has 0 bridgehead atoms. The molecule has 1 saturated carbocycles. The number of nitrogens with zero attached hydrogens (tertiary/aromatic N) is 4. The second-order valence-corrected chi connectivity index (χ2v) is 10.5. The van der Waals surface area contributed by atoms with Crippen LogP contribution < -0.4 is 4.74 Å². The Morgan fingerprint density at radius 3 is 2.56 bits per heavy atom. The molecular formula is C21H23F3N4O3S. The predicted octanol–water partition coefficient (Wildman–Crippen LogP) is 2.90. The van der Waals surface area contributed by atoms with Crippen LogP contribution in [-0.4, -0.2) is 65.9 Å². The number of alkyl halides is 3. The third-order valence-corrected chi connectivity index (χ3v) is 8.13. The van der Waals surface area contributed by atoms with Crippen LogP contribution in [0.25, 0.3) is 0 Å². The lowest BCUT2D eigenvalue weighted by atomic mass is 10.2. The van der Waals surface area contributed by atoms with E-state index in [0.717, 1.165) is 30.7 Å². The normalized spacial score (nSPS) is 25.0. The molecule has 3 aliphatic rings. The van der Waals surface area contributed by atoms with Gasteiger partial charge in [0.25, 0.3) is 0 Å². The van der Waals surface area contributed by atoms with Crippen LogP contribution in [-0.2, 0) is 16.2 Å². The van der Waals surface area contributed by atoms with Gasteiger partial charge >= 0.3 is 6.18 Å². The molecule has 0 amide bonds. The monoisotopic (exact) mass is 468 g/mol. The molecule has 3 heterocycles. The van der Waals surface area contributed by atoms with Gasteiger partial charge < -0.3 is 4.74 Å². The highest BCUT2D eigenvalue weighted by atomic mass is 32.2. The van der Waals surface area contributed by atoms with Crippen molar-refractivity contribution in [1.82, 2.24) is 19.2 Å². The van der Waals surface area contributed by atoms with Crippen molar-refractivity contribution in [2.75, 3.05) is 26.2 Å². The van der Waals surface area contributed by atoms with Gasteiger partial charge in [0.2, 0.25) is 15.9 Å². The number of ether oxygens (including phenoxy) is 1. The molecule has 0 radical (unpaired) electrons. The van der Waals surface area contributed by atoms with Crippen LogP contribution in [0.2, 0.25) is 0 Å². The summed E-state index contributed by atoms with van der Waals surface area (Å²) in [5.74, 6) is 0.967. The molecule has 1 aromatic heterocycles. The van der Waals surface area contributed by atoms with Gasteiger partial charge in [-0.15, -0.1) is 0 Å². The van der Waals surface area contributed by atoms with Crippen molar-refractivity contribution in [2.45, 2.75) is 48.4 Å². The van der Waals surface area contributed by atoms with E-state index in [4.69, 9.17) is 4.74 Å². The standard InChI is InChI=1S/C21H23F3N4O3S/c22-21(23,24)15-2-1-3-18(8-15)32(29,30)28-7-6-27-13-17(9-16(27)12-28)31-20-11-25-19(10-26-20)14-4-5-14/h1-3,8,10-11,14,16-17H,4-7,9,12-13H2/t16-,17+/m0/s1. The first-order chi connectivity index (χ1) is 15.2. The summed E-state index contributed by atoms with van der Waals surface area (Å²) in [6.45, 7) is 1.58. The van der Waals surface area contributed by atoms with Crippen LogP contribution >= 0.6 is 0 Å². The topological polar surface area (TPSA) is 75.6 Å². The number of fused-ring (bicyclic) bond motifs is 1. The lowest BCUT2D eigenvalue weighted by Gasteiger charge is -2.36. The Labute approximate surface area is 184 Å². The molecule has 5 rings (SSSR count). The van der Waals surface area contributed by atoms with Crippen LogP contribution in [0.5, 0.6) is 5.88 Å². The zero-order valence-corrected chi connectivity index (χ0v) is 18.0. The Kier molecular flexibility index (Phi) is 5.37. The van der Waals surface area contributed by atoms with Crippen molar-refractivity contribution in [3.63, 3.8) is 0 Å². The van der Waals surface area contributed by atoms with Crippen molar-refractivity contribution in [3.05, 3.63) is 47.9 Å². The number of benzene rings is 1. The number of hydrogen-bond acceptors (Lipinski definition) is 6. The van der Waals surface area contributed by atoms with Gasteiger partial charge in [0.05, 0.1) is 28.5 Å². The van der Waals surface area contributed by atoms with Gasteiger partial charge in [-0.05, 0) is 31.0 Å². The van der Waals surface area contributed by atoms with E-state index in [9.17, 15) is 21.6 Å². The van der Waals surface area contributed by atoms with Crippen LogP contribution in [0.3, 0.4) is 0 Å². The van der Waals surface area contributed by atoms with Crippen molar-refractivity contribution < 1.29 is 26.3 Å². The van der Waals surface area contributed by atoms with Gasteiger partial charge in [0.1, 0.15) is 6.10 Å². The molecule has 2 atom stereocenters. The average Bonchev–Trinajstić information content (AvgIpc) is 3.53. The second-order valence-electron chi connectivity index (χ2n) is 8.57. The van der Waals surface area contributed by atoms with E-state index in [2.05, 4.69) is 14.9 Å². The Balaban J connectivity index is 1.24. The zero-order chi connectivity index (χ0) is 22.5. The number of hydrogen-bond donors (Lipinski definition) is 0. The smallest absolute Gasteiger partial charge is 0.416 e. The van der Waals surface area contributed by atoms with Gasteiger partial charge in [-0.1, -0.05) is 6.07 Å². The van der Waals surface area contributed by atoms with Crippen LogP contribution in [0, 0.1) is 0 Å². The summed E-state index contributed by atoms with van der Waals surface area (Å²) >= 11 is 0. The fourth-order valence-corrected chi connectivity index (χ4v) is 5.92. The molecule has 2 aromatic rings. The van der Waals surface area contributed by atoms with E-state index < -0.39 is 21.8 Å². The highest BCUT2D eigenvalue weighted by Gasteiger charge is 2.41. The lowest BCUT2D eigenvalue weighted by molar-refractivity contribution is -0.137. The molecule has 1 aromatic carbocycles. The van der Waals surface area contributed by atoms with E-state index in [1.165, 1.54) is 10.4 Å². The first-order valence-electron chi connectivity index (χ1n) is 10.6. The fourth-order valence-electron chi connectivity index (χ4n) is 4.40. The maximum absolute atomic E-state index is 13.0. The molecule has 2 aliphatic heterocycles. The summed E-state index contributed by atoms with van der Waals surface area (Å²) in [6.07, 6.45) is 1.55. The van der Waals surface area contributed by atoms with Crippen molar-refractivity contribution in [3.8, 4) is 5.88 Å². The molecule has 0 spiro atoms. The van der Waals surface area contributed by atoms with E-state index in [1.54, 1.807) is 12.4 Å². The third-order valence-electron chi connectivity index (χ3n) is 6.27. The number of piperazine rings is 1. The van der Waals surface area contributed by atoms with Crippen molar-refractivity contribution in [2.24, 2.45) is 0 Å². The van der Waals surface area contributed by atoms with Gasteiger partial charge in [-0.3, -0.25) is 9.88 Å². The Bertz CT molecular complexity index is 1090. The molecule has 0 unspecified atom stereocenters. The van der Waals surface area contributed by atoms with Crippen LogP contribution in [0.1, 0.15) is 36.4 Å². The molecule has 11 heteroatoms. The third kappa shape index (κ3) is 4.33. The molecule has 2 saturated heterocycles. The van der Waals surface area contributed by atoms with E-state index in [0.29, 0.717) is 37.4 Å². The lowest BCUT2D eigenvalue weighted by Crippen LogP contribution is -2.51. The summed E-state index contributed by atoms with van der Waals surface area (Å²) in [7, 11) is -4.02. The first kappa shape index (κ1) is 21.6. The molecule has 172 valence electrons. The van der Waals surface area contributed by atoms with Crippen molar-refractivity contribution >= 4 is 10.0 Å². The summed E-state index contributed by atoms with van der Waals surface area (Å²) < 4.78 is 72.3. The molecule has 0 N–H and O–H groups in total. The molecule has 1 aliphatic carbocycles. The number of aromatic nitrogens is 2. The minimum atomic E-state index is -4.60. The number of rotatable bonds is 5. The van der Waals surface area contributed by atoms with E-state index in [1.807, 2.05) is 0 Å². The van der Waals surface area contributed by atoms with Crippen LogP contribution in [0.4, 0.5) is 13.2 Å². The van der Waals surface area contributed by atoms with Gasteiger partial charge in [-0.2, -0.15) is 17.5 Å². The van der Waals surface area contributed by atoms with Gasteiger partial charge in [-0.25, -0.2) is 13.4 Å². The number of halogens is 3. The predicted molar refractivity (Wildman–Crippen MR) is 109 cm³/mol. The summed E-state index contributed by atoms with van der Waals surface area (Å²) in [4.78, 5) is 10.6. The molecule has 32 heavy (non-hydrogen) atoms. The van der Waals surface area contributed by atoms with Crippen LogP contribution in [0.15, 0.2) is 41.6 Å². The molecule has 3 fully saturated rings. The summed E-state index contributed by atoms with van der Waals surface area (Å²) in [6, 6.07) is 3.85. The van der Waals surface area contributed by atoms with Crippen molar-refractivity contribution in [1.29, 1.82) is 0 Å². The minimum Gasteiger partial charge on any atom is -0.472 e. The summed E-state index contributed by atoms with van der Waals surface area (Å²) in [5, 5.41) is 0. The Morgan fingerprint density at radius 2 is 1.88 bits per heavy atom. The minimum absolute atomic E-state index is 0.0620. The molecular weight excluding hydrogens is 445 g/mol. The zero-order valence-electron chi connectivity index (χ0n) is 17.2. The Hall–Kier alpha value is -2.24. The summed E-state index contributed by atoms with van der Waals surface area (Å²) in [5.41, 5.74) is 0.0111. The van der Waals surface area contributed by atoms with E-state index in [-0.39, 0.29) is 30.1 Å². The quantitative estimate of drug-likeness (QED) is 0.672. The highest BCUT2D eigenvalue weighted by molar-refractivity contribution is 7.89. The fraction of sp³-hybridized carbons (Fsp3) is 0.524. The van der Waals surface area contributed by atoms with Gasteiger partial charge in [0, 0.05) is 44.6 Å². The average molecular weight is 469 g/mol. The molecule has 7 nitrogen and oxygen atoms in total. The first-order valence-corrected chi connectivity index (χ1v) is 12.0. The van der Waals surface area contributed by atoms with E-state index >= 15 is 0 Å². The highest BCUT2D eigenvalue weighted by Crippen LogP contribution is 2.39. The largest absolute Gasteiger partial charge is 0.472 e. The second kappa shape index (κ2) is 7.96. The maximum Gasteiger partial charge on any atom is 0.416 e.